The van der Waals surface area contributed by atoms with Crippen LogP contribution < -0.4 is 4.72 Å². The molecule has 5 nitrogen and oxygen atoms in total. The van der Waals surface area contributed by atoms with E-state index in [-0.39, 0.29) is 10.3 Å². The summed E-state index contributed by atoms with van der Waals surface area (Å²) in [6.07, 6.45) is 1.38. The summed E-state index contributed by atoms with van der Waals surface area (Å²) < 4.78 is 32.0. The number of nitriles is 1. The van der Waals surface area contributed by atoms with E-state index in [0.29, 0.717) is 30.9 Å². The summed E-state index contributed by atoms with van der Waals surface area (Å²) in [6.45, 7) is 1.17. The highest BCUT2D eigenvalue weighted by Crippen LogP contribution is 2.21. The van der Waals surface area contributed by atoms with Crippen LogP contribution >= 0.6 is 11.3 Å². The predicted molar refractivity (Wildman–Crippen MR) is 63.2 cm³/mol. The Bertz CT molecular complexity index is 524. The van der Waals surface area contributed by atoms with Gasteiger partial charge in [-0.15, -0.1) is 11.3 Å². The molecule has 2 rings (SSSR count). The van der Waals surface area contributed by atoms with Gasteiger partial charge in [-0.1, -0.05) is 0 Å². The molecule has 0 unspecified atom stereocenters. The summed E-state index contributed by atoms with van der Waals surface area (Å²) in [7, 11) is -3.49. The van der Waals surface area contributed by atoms with Crippen LogP contribution in [0.25, 0.3) is 0 Å². The summed E-state index contributed by atoms with van der Waals surface area (Å²) >= 11 is 0.986. The van der Waals surface area contributed by atoms with E-state index in [1.807, 2.05) is 6.07 Å². The zero-order valence-corrected chi connectivity index (χ0v) is 10.7. The smallest absolute Gasteiger partial charge is 0.250 e. The van der Waals surface area contributed by atoms with Crippen molar-refractivity contribution in [3.63, 3.8) is 0 Å². The summed E-state index contributed by atoms with van der Waals surface area (Å²) in [5, 5.41) is 8.67. The third-order valence-electron chi connectivity index (χ3n) is 2.50. The summed E-state index contributed by atoms with van der Waals surface area (Å²) in [4.78, 5) is 0.400. The van der Waals surface area contributed by atoms with Crippen LogP contribution in [-0.4, -0.2) is 27.7 Å². The first-order chi connectivity index (χ1) is 8.12. The van der Waals surface area contributed by atoms with E-state index in [4.69, 9.17) is 10.00 Å². The molecule has 1 aliphatic heterocycles. The molecule has 1 aromatic heterocycles. The molecule has 1 fully saturated rings. The molecule has 2 heterocycles. The molecule has 0 radical (unpaired) electrons. The fourth-order valence-corrected chi connectivity index (χ4v) is 4.04. The minimum absolute atomic E-state index is 0.0682. The molecular formula is C10H12N2O3S2. The van der Waals surface area contributed by atoms with Crippen molar-refractivity contribution in [3.8, 4) is 6.07 Å². The summed E-state index contributed by atoms with van der Waals surface area (Å²) in [5.74, 6) is 0. The molecule has 0 saturated carbocycles. The Hall–Kier alpha value is -0.940. The maximum atomic E-state index is 12.0. The molecule has 0 bridgehead atoms. The number of thiophene rings is 1. The maximum absolute atomic E-state index is 12.0. The first-order valence-corrected chi connectivity index (χ1v) is 7.52. The second-order valence-electron chi connectivity index (χ2n) is 3.74. The average molecular weight is 272 g/mol. The fourth-order valence-electron chi connectivity index (χ4n) is 1.62. The standard InChI is InChI=1S/C10H12N2O3S2/c11-7-9-1-2-10(16-9)17(13,14)12-8-3-5-15-6-4-8/h1-2,8,12H,3-6H2. The van der Waals surface area contributed by atoms with Crippen LogP contribution in [0.4, 0.5) is 0 Å². The zero-order chi connectivity index (χ0) is 12.3. The molecule has 0 aliphatic carbocycles. The number of hydrogen-bond acceptors (Lipinski definition) is 5. The molecule has 0 aromatic carbocycles. The third-order valence-corrected chi connectivity index (χ3v) is 5.50. The summed E-state index contributed by atoms with van der Waals surface area (Å²) in [5.41, 5.74) is 0. The van der Waals surface area contributed by atoms with Gasteiger partial charge in [0.2, 0.25) is 10.0 Å². The van der Waals surface area contributed by atoms with Crippen LogP contribution in [0.1, 0.15) is 17.7 Å². The van der Waals surface area contributed by atoms with Crippen molar-refractivity contribution >= 4 is 21.4 Å². The molecule has 0 atom stereocenters. The Kier molecular flexibility index (Phi) is 3.79. The minimum atomic E-state index is -3.49. The normalized spacial score (nSPS) is 17.8. The highest BCUT2D eigenvalue weighted by atomic mass is 32.2. The van der Waals surface area contributed by atoms with Crippen molar-refractivity contribution in [3.05, 3.63) is 17.0 Å². The van der Waals surface area contributed by atoms with E-state index in [2.05, 4.69) is 4.72 Å². The van der Waals surface area contributed by atoms with Crippen LogP contribution in [0.3, 0.4) is 0 Å². The molecule has 17 heavy (non-hydrogen) atoms. The Labute approximate surface area is 104 Å². The highest BCUT2D eigenvalue weighted by molar-refractivity contribution is 7.91. The topological polar surface area (TPSA) is 79.2 Å². The van der Waals surface area contributed by atoms with Crippen LogP contribution in [0.2, 0.25) is 0 Å². The first kappa shape index (κ1) is 12.5. The van der Waals surface area contributed by atoms with Crippen molar-refractivity contribution in [2.24, 2.45) is 0 Å². The molecule has 1 N–H and O–H groups in total. The van der Waals surface area contributed by atoms with E-state index < -0.39 is 10.0 Å². The summed E-state index contributed by atoms with van der Waals surface area (Å²) in [6, 6.07) is 4.84. The zero-order valence-electron chi connectivity index (χ0n) is 9.05. The number of rotatable bonds is 3. The number of hydrogen-bond donors (Lipinski definition) is 1. The Morgan fingerprint density at radius 1 is 1.41 bits per heavy atom. The molecule has 0 spiro atoms. The SMILES string of the molecule is N#Cc1ccc(S(=O)(=O)NC2CCOCC2)s1. The van der Waals surface area contributed by atoms with Crippen molar-refractivity contribution in [1.29, 1.82) is 5.26 Å². The van der Waals surface area contributed by atoms with Crippen molar-refractivity contribution in [2.45, 2.75) is 23.1 Å². The second-order valence-corrected chi connectivity index (χ2v) is 6.76. The monoisotopic (exact) mass is 272 g/mol. The molecule has 7 heteroatoms. The van der Waals surface area contributed by atoms with Crippen molar-refractivity contribution in [2.75, 3.05) is 13.2 Å². The van der Waals surface area contributed by atoms with Crippen LogP contribution in [0.15, 0.2) is 16.3 Å². The van der Waals surface area contributed by atoms with Gasteiger partial charge in [-0.2, -0.15) is 5.26 Å². The predicted octanol–water partition coefficient (Wildman–Crippen LogP) is 1.08. The molecule has 0 amide bonds. The largest absolute Gasteiger partial charge is 0.381 e. The van der Waals surface area contributed by atoms with Gasteiger partial charge in [-0.25, -0.2) is 13.1 Å². The molecule has 1 saturated heterocycles. The van der Waals surface area contributed by atoms with Gasteiger partial charge in [0.05, 0.1) is 0 Å². The highest BCUT2D eigenvalue weighted by Gasteiger charge is 2.23. The van der Waals surface area contributed by atoms with Gasteiger partial charge in [0.1, 0.15) is 15.2 Å². The van der Waals surface area contributed by atoms with Crippen molar-refractivity contribution < 1.29 is 13.2 Å². The van der Waals surface area contributed by atoms with Gasteiger partial charge < -0.3 is 4.74 Å². The lowest BCUT2D eigenvalue weighted by atomic mass is 10.1. The lowest BCUT2D eigenvalue weighted by Crippen LogP contribution is -2.38. The quantitative estimate of drug-likeness (QED) is 0.893. The van der Waals surface area contributed by atoms with Crippen molar-refractivity contribution in [1.82, 2.24) is 4.72 Å². The van der Waals surface area contributed by atoms with E-state index in [9.17, 15) is 8.42 Å². The van der Waals surface area contributed by atoms with Gasteiger partial charge in [0.15, 0.2) is 0 Å². The van der Waals surface area contributed by atoms with E-state index in [1.54, 1.807) is 0 Å². The lowest BCUT2D eigenvalue weighted by molar-refractivity contribution is 0.0832. The molecular weight excluding hydrogens is 260 g/mol. The number of sulfonamides is 1. The Morgan fingerprint density at radius 3 is 2.71 bits per heavy atom. The number of ether oxygens (including phenoxy) is 1. The molecule has 1 aliphatic rings. The van der Waals surface area contributed by atoms with E-state index in [0.717, 1.165) is 11.3 Å². The average Bonchev–Trinajstić information content (AvgIpc) is 2.79. The van der Waals surface area contributed by atoms with E-state index >= 15 is 0 Å². The van der Waals surface area contributed by atoms with Gasteiger partial charge in [-0.3, -0.25) is 0 Å². The first-order valence-electron chi connectivity index (χ1n) is 5.22. The van der Waals surface area contributed by atoms with Gasteiger partial charge >= 0.3 is 0 Å². The second kappa shape index (κ2) is 5.14. The Morgan fingerprint density at radius 2 is 2.12 bits per heavy atom. The van der Waals surface area contributed by atoms with Gasteiger partial charge in [0.25, 0.3) is 0 Å². The van der Waals surface area contributed by atoms with Gasteiger partial charge in [0, 0.05) is 19.3 Å². The Balaban J connectivity index is 2.10. The third kappa shape index (κ3) is 3.04. The lowest BCUT2D eigenvalue weighted by Gasteiger charge is -2.22. The fraction of sp³-hybridized carbons (Fsp3) is 0.500. The molecule has 1 aromatic rings. The van der Waals surface area contributed by atoms with Gasteiger partial charge in [-0.05, 0) is 25.0 Å². The van der Waals surface area contributed by atoms with Crippen LogP contribution in [0.5, 0.6) is 0 Å². The van der Waals surface area contributed by atoms with E-state index in [1.165, 1.54) is 12.1 Å². The maximum Gasteiger partial charge on any atom is 0.250 e. The van der Waals surface area contributed by atoms with Crippen LogP contribution in [0, 0.1) is 11.3 Å². The molecule has 92 valence electrons. The minimum Gasteiger partial charge on any atom is -0.381 e. The van der Waals surface area contributed by atoms with Crippen LogP contribution in [-0.2, 0) is 14.8 Å². The number of nitrogens with one attached hydrogen (secondary N) is 1. The number of nitrogens with zero attached hydrogens (tertiary/aromatic N) is 1.